The zero-order valence-electron chi connectivity index (χ0n) is 12.0. The Morgan fingerprint density at radius 2 is 1.87 bits per heavy atom. The summed E-state index contributed by atoms with van der Waals surface area (Å²) in [5.74, 6) is 0.331. The van der Waals surface area contributed by atoms with Gasteiger partial charge in [0.15, 0.2) is 0 Å². The van der Waals surface area contributed by atoms with E-state index in [4.69, 9.17) is 0 Å². The molecule has 0 saturated carbocycles. The Morgan fingerprint density at radius 3 is 2.43 bits per heavy atom. The number of hydrogen-bond donors (Lipinski definition) is 1. The third kappa shape index (κ3) is 8.69. The van der Waals surface area contributed by atoms with Gasteiger partial charge in [-0.3, -0.25) is 9.52 Å². The number of benzene rings is 1. The Bertz CT molecular complexity index is 649. The first-order valence-electron chi connectivity index (χ1n) is 6.30. The Balaban J connectivity index is 0.000000463. The quantitative estimate of drug-likeness (QED) is 0.648. The number of carbonyl (C=O) groups excluding carboxylic acids is 1. The molecule has 5 nitrogen and oxygen atoms in total. The number of para-hydroxylation sites is 1. The molecule has 130 valence electrons. The van der Waals surface area contributed by atoms with Crippen molar-refractivity contribution in [2.24, 2.45) is 0 Å². The maximum atomic E-state index is 11.4. The van der Waals surface area contributed by atoms with Gasteiger partial charge in [-0.2, -0.15) is 0 Å². The summed E-state index contributed by atoms with van der Waals surface area (Å²) in [5, 5.41) is 0. The molecule has 1 aromatic carbocycles. The van der Waals surface area contributed by atoms with Crippen LogP contribution in [0, 0.1) is 0 Å². The van der Waals surface area contributed by atoms with Gasteiger partial charge < -0.3 is 22.2 Å². The lowest BCUT2D eigenvalue weighted by molar-refractivity contribution is -0.119. The molecule has 1 aliphatic rings. The predicted octanol–water partition coefficient (Wildman–Crippen LogP) is 2.32. The van der Waals surface area contributed by atoms with Crippen molar-refractivity contribution in [3.63, 3.8) is 0 Å². The second-order valence-corrected chi connectivity index (χ2v) is 7.28. The van der Waals surface area contributed by atoms with Crippen LogP contribution in [0.5, 0.6) is 0 Å². The number of amides is 1. The highest BCUT2D eigenvalue weighted by Crippen LogP contribution is 2.37. The van der Waals surface area contributed by atoms with Gasteiger partial charge in [0, 0.05) is 17.9 Å². The first kappa shape index (κ1) is 19.6. The highest BCUT2D eigenvalue weighted by atomic mass is 32.2. The van der Waals surface area contributed by atoms with Crippen molar-refractivity contribution in [3.8, 4) is 0 Å². The van der Waals surface area contributed by atoms with E-state index in [0.717, 1.165) is 17.8 Å². The van der Waals surface area contributed by atoms with E-state index in [2.05, 4.69) is 4.90 Å². The average molecular weight is 373 g/mol. The lowest BCUT2D eigenvalue weighted by atomic mass is 10.3. The number of nitrogens with one attached hydrogen (secondary N) is 1. The van der Waals surface area contributed by atoms with Crippen LogP contribution in [0.2, 0.25) is 0 Å². The van der Waals surface area contributed by atoms with E-state index in [9.17, 15) is 30.5 Å². The fraction of sp³-hybridized carbons (Fsp3) is 0.364. The molecule has 1 amide bonds. The minimum Gasteiger partial charge on any atom is -0.418 e. The molecule has 0 aromatic heterocycles. The molecular formula is C11H14BF4N2O3S2-. The summed E-state index contributed by atoms with van der Waals surface area (Å²) in [6.07, 6.45) is 1.15. The first-order chi connectivity index (χ1) is 10.5. The van der Waals surface area contributed by atoms with Gasteiger partial charge in [-0.25, -0.2) is 8.42 Å². The molecule has 0 radical (unpaired) electrons. The van der Waals surface area contributed by atoms with Crippen LogP contribution in [0.3, 0.4) is 0 Å². The lowest BCUT2D eigenvalue weighted by Gasteiger charge is -2.17. The van der Waals surface area contributed by atoms with Gasteiger partial charge in [-0.05, 0) is 12.1 Å². The molecule has 23 heavy (non-hydrogen) atoms. The van der Waals surface area contributed by atoms with Crippen molar-refractivity contribution in [2.45, 2.75) is 11.3 Å². The fourth-order valence-corrected chi connectivity index (χ4v) is 3.34. The van der Waals surface area contributed by atoms with Crippen LogP contribution in [0.1, 0.15) is 6.42 Å². The second kappa shape index (κ2) is 7.91. The van der Waals surface area contributed by atoms with E-state index in [-0.39, 0.29) is 6.42 Å². The van der Waals surface area contributed by atoms with Crippen molar-refractivity contribution in [1.29, 1.82) is 0 Å². The number of rotatable bonds is 4. The zero-order valence-corrected chi connectivity index (χ0v) is 13.6. The van der Waals surface area contributed by atoms with Gasteiger partial charge in [0.25, 0.3) is 0 Å². The smallest absolute Gasteiger partial charge is 0.418 e. The van der Waals surface area contributed by atoms with E-state index >= 15 is 0 Å². The number of anilines is 1. The predicted molar refractivity (Wildman–Crippen MR) is 82.3 cm³/mol. The highest BCUT2D eigenvalue weighted by molar-refractivity contribution is 7.99. The van der Waals surface area contributed by atoms with E-state index in [0.29, 0.717) is 6.54 Å². The summed E-state index contributed by atoms with van der Waals surface area (Å²) in [7, 11) is -9.45. The Morgan fingerprint density at radius 1 is 1.30 bits per heavy atom. The van der Waals surface area contributed by atoms with E-state index < -0.39 is 23.2 Å². The molecule has 0 unspecified atom stereocenters. The van der Waals surface area contributed by atoms with Crippen LogP contribution >= 0.6 is 11.8 Å². The van der Waals surface area contributed by atoms with Crippen LogP contribution in [-0.4, -0.2) is 40.3 Å². The average Bonchev–Trinajstić information content (AvgIpc) is 2.75. The lowest BCUT2D eigenvalue weighted by Crippen LogP contribution is -2.32. The summed E-state index contributed by atoms with van der Waals surface area (Å²) in [6.45, 7) is 0.519. The van der Waals surface area contributed by atoms with Gasteiger partial charge in [-0.15, -0.1) is 11.8 Å². The van der Waals surface area contributed by atoms with E-state index in [1.54, 1.807) is 11.8 Å². The van der Waals surface area contributed by atoms with Crippen molar-refractivity contribution < 1.29 is 30.5 Å². The normalized spacial score (nSPS) is 13.9. The first-order valence-corrected chi connectivity index (χ1v) is 9.18. The summed E-state index contributed by atoms with van der Waals surface area (Å²) in [4.78, 5) is 14.7. The number of sulfonamides is 1. The molecule has 0 bridgehead atoms. The standard InChI is InChI=1S/C11H14N2O3S2.BF4/c1-18(15,16)12-11(14)6-7-13-8-17-10-5-3-2-4-9(10)13;2-1(3,4)5/h2-5H,6-8H2,1H3,(H,12,14);/q;-1. The largest absolute Gasteiger partial charge is 0.673 e. The maximum absolute atomic E-state index is 11.4. The van der Waals surface area contributed by atoms with Crippen molar-refractivity contribution in [2.75, 3.05) is 23.6 Å². The number of halogens is 4. The van der Waals surface area contributed by atoms with Crippen LogP contribution < -0.4 is 9.62 Å². The van der Waals surface area contributed by atoms with E-state index in [1.165, 1.54) is 4.90 Å². The topological polar surface area (TPSA) is 66.5 Å². The molecule has 0 fully saturated rings. The van der Waals surface area contributed by atoms with Gasteiger partial charge in [-0.1, -0.05) is 12.1 Å². The zero-order chi connectivity index (χ0) is 17.7. The van der Waals surface area contributed by atoms with Crippen LogP contribution in [-0.2, 0) is 14.8 Å². The van der Waals surface area contributed by atoms with E-state index in [1.807, 2.05) is 29.0 Å². The number of nitrogens with zero attached hydrogens (tertiary/aromatic N) is 1. The third-order valence-electron chi connectivity index (χ3n) is 2.49. The van der Waals surface area contributed by atoms with Crippen molar-refractivity contribution >= 4 is 40.6 Å². The second-order valence-electron chi connectivity index (χ2n) is 4.55. The summed E-state index contributed by atoms with van der Waals surface area (Å²) in [5.41, 5.74) is 1.11. The fourth-order valence-electron chi connectivity index (χ4n) is 1.74. The SMILES string of the molecule is CS(=O)(=O)NC(=O)CCN1CSc2ccccc21.F[B-](F)(F)F. The Kier molecular flexibility index (Phi) is 6.75. The minimum absolute atomic E-state index is 0.169. The van der Waals surface area contributed by atoms with Gasteiger partial charge in [0.1, 0.15) is 0 Å². The molecule has 1 aliphatic heterocycles. The number of hydrogen-bond acceptors (Lipinski definition) is 5. The van der Waals surface area contributed by atoms with Crippen LogP contribution in [0.15, 0.2) is 29.2 Å². The van der Waals surface area contributed by atoms with Crippen molar-refractivity contribution in [1.82, 2.24) is 4.72 Å². The van der Waals surface area contributed by atoms with Gasteiger partial charge in [0.05, 0.1) is 17.8 Å². The molecule has 1 N–H and O–H groups in total. The maximum Gasteiger partial charge on any atom is 0.673 e. The van der Waals surface area contributed by atoms with Gasteiger partial charge >= 0.3 is 7.25 Å². The number of carbonyl (C=O) groups is 1. The molecular weight excluding hydrogens is 359 g/mol. The minimum atomic E-state index is -6.00. The molecule has 1 aromatic rings. The molecule has 0 aliphatic carbocycles. The monoisotopic (exact) mass is 373 g/mol. The summed E-state index contributed by atoms with van der Waals surface area (Å²) >= 11 is 1.72. The molecule has 0 saturated heterocycles. The Labute approximate surface area is 135 Å². The molecule has 12 heteroatoms. The molecule has 2 rings (SSSR count). The number of thioether (sulfide) groups is 1. The third-order valence-corrected chi connectivity index (χ3v) is 4.19. The molecule has 0 spiro atoms. The Hall–Kier alpha value is -1.43. The summed E-state index contributed by atoms with van der Waals surface area (Å²) in [6, 6.07) is 7.97. The number of fused-ring (bicyclic) bond motifs is 1. The molecule has 1 heterocycles. The van der Waals surface area contributed by atoms with Crippen molar-refractivity contribution in [3.05, 3.63) is 24.3 Å². The van der Waals surface area contributed by atoms with Gasteiger partial charge in [0.2, 0.25) is 15.9 Å². The van der Waals surface area contributed by atoms with Crippen LogP contribution in [0.4, 0.5) is 23.0 Å². The summed E-state index contributed by atoms with van der Waals surface area (Å²) < 4.78 is 62.7. The molecule has 0 atom stereocenters. The highest BCUT2D eigenvalue weighted by Gasteiger charge is 2.21. The van der Waals surface area contributed by atoms with Crippen LogP contribution in [0.25, 0.3) is 0 Å².